The molecule has 0 bridgehead atoms. The van der Waals surface area contributed by atoms with Gasteiger partial charge >= 0.3 is 0 Å². The zero-order chi connectivity index (χ0) is 12.2. The topological polar surface area (TPSA) is 123 Å². The molecule has 1 aromatic rings. The summed E-state index contributed by atoms with van der Waals surface area (Å²) in [6, 6.07) is 3.24. The lowest BCUT2D eigenvalue weighted by Gasteiger charge is -2.07. The monoisotopic (exact) mass is 245 g/mol. The van der Waals surface area contributed by atoms with Crippen LogP contribution < -0.4 is 21.5 Å². The zero-order valence-electron chi connectivity index (χ0n) is 8.90. The van der Waals surface area contributed by atoms with Crippen LogP contribution in [0.5, 0.6) is 0 Å². The van der Waals surface area contributed by atoms with Crippen molar-refractivity contribution in [3.8, 4) is 0 Å². The summed E-state index contributed by atoms with van der Waals surface area (Å²) in [6.45, 7) is 0.250. The van der Waals surface area contributed by atoms with Gasteiger partial charge in [-0.25, -0.2) is 18.1 Å². The number of nitrogen functional groups attached to an aromatic ring is 2. The summed E-state index contributed by atoms with van der Waals surface area (Å²) in [6.07, 6.45) is 0. The summed E-state index contributed by atoms with van der Waals surface area (Å²) >= 11 is 0. The molecule has 0 amide bonds. The SMILES string of the molecule is CNS(=O)(=O)CCNc1ccc(N)c(N)n1. The fourth-order valence-corrected chi connectivity index (χ4v) is 1.57. The fraction of sp³-hybridized carbons (Fsp3) is 0.375. The molecule has 0 saturated heterocycles. The lowest BCUT2D eigenvalue weighted by Crippen LogP contribution is -2.26. The van der Waals surface area contributed by atoms with E-state index < -0.39 is 10.0 Å². The van der Waals surface area contributed by atoms with Gasteiger partial charge in [-0.2, -0.15) is 0 Å². The highest BCUT2D eigenvalue weighted by atomic mass is 32.2. The van der Waals surface area contributed by atoms with Gasteiger partial charge in [0, 0.05) is 6.54 Å². The fourth-order valence-electron chi connectivity index (χ4n) is 1.000. The van der Waals surface area contributed by atoms with E-state index in [0.717, 1.165) is 0 Å². The average molecular weight is 245 g/mol. The smallest absolute Gasteiger partial charge is 0.213 e. The second kappa shape index (κ2) is 4.99. The highest BCUT2D eigenvalue weighted by Crippen LogP contribution is 2.14. The predicted molar refractivity (Wildman–Crippen MR) is 64.4 cm³/mol. The minimum absolute atomic E-state index is 0.0323. The summed E-state index contributed by atoms with van der Waals surface area (Å²) in [4.78, 5) is 3.94. The Morgan fingerprint density at radius 2 is 2.06 bits per heavy atom. The summed E-state index contributed by atoms with van der Waals surface area (Å²) in [5.74, 6) is 0.689. The number of nitrogens with zero attached hydrogens (tertiary/aromatic N) is 1. The van der Waals surface area contributed by atoms with Crippen LogP contribution in [-0.4, -0.2) is 32.7 Å². The van der Waals surface area contributed by atoms with Gasteiger partial charge < -0.3 is 16.8 Å². The van der Waals surface area contributed by atoms with Crippen LogP contribution in [0.15, 0.2) is 12.1 Å². The number of nitrogens with one attached hydrogen (secondary N) is 2. The first-order chi connectivity index (χ1) is 7.44. The molecule has 0 unspecified atom stereocenters. The third-order valence-electron chi connectivity index (χ3n) is 1.95. The van der Waals surface area contributed by atoms with Crippen LogP contribution >= 0.6 is 0 Å². The molecule has 16 heavy (non-hydrogen) atoms. The first-order valence-corrected chi connectivity index (χ1v) is 6.27. The van der Waals surface area contributed by atoms with Crippen molar-refractivity contribution >= 4 is 27.3 Å². The summed E-state index contributed by atoms with van der Waals surface area (Å²) in [5, 5.41) is 2.84. The zero-order valence-corrected chi connectivity index (χ0v) is 9.71. The number of hydrogen-bond acceptors (Lipinski definition) is 6. The normalized spacial score (nSPS) is 11.3. The molecule has 0 fully saturated rings. The van der Waals surface area contributed by atoms with Crippen molar-refractivity contribution in [2.45, 2.75) is 0 Å². The molecule has 0 spiro atoms. The first-order valence-electron chi connectivity index (χ1n) is 4.61. The van der Waals surface area contributed by atoms with Gasteiger partial charge in [-0.15, -0.1) is 0 Å². The quantitative estimate of drug-likeness (QED) is 0.539. The van der Waals surface area contributed by atoms with E-state index in [1.807, 2.05) is 0 Å². The van der Waals surface area contributed by atoms with Crippen molar-refractivity contribution in [3.63, 3.8) is 0 Å². The molecule has 6 N–H and O–H groups in total. The Morgan fingerprint density at radius 1 is 1.38 bits per heavy atom. The second-order valence-corrected chi connectivity index (χ2v) is 5.17. The van der Waals surface area contributed by atoms with Crippen molar-refractivity contribution in [3.05, 3.63) is 12.1 Å². The van der Waals surface area contributed by atoms with Crippen LogP contribution in [0.2, 0.25) is 0 Å². The Hall–Kier alpha value is -1.54. The largest absolute Gasteiger partial charge is 0.396 e. The number of anilines is 3. The van der Waals surface area contributed by atoms with Crippen molar-refractivity contribution < 1.29 is 8.42 Å². The summed E-state index contributed by atoms with van der Waals surface area (Å²) in [5.41, 5.74) is 11.4. The second-order valence-electron chi connectivity index (χ2n) is 3.12. The molecule has 7 nitrogen and oxygen atoms in total. The molecule has 0 saturated carbocycles. The maximum atomic E-state index is 11.1. The van der Waals surface area contributed by atoms with Crippen LogP contribution in [0, 0.1) is 0 Å². The van der Waals surface area contributed by atoms with E-state index in [1.54, 1.807) is 12.1 Å². The lowest BCUT2D eigenvalue weighted by atomic mass is 10.4. The molecule has 0 aromatic carbocycles. The number of pyridine rings is 1. The number of hydrogen-bond donors (Lipinski definition) is 4. The van der Waals surface area contributed by atoms with Crippen molar-refractivity contribution in [2.75, 3.05) is 36.1 Å². The van der Waals surface area contributed by atoms with Crippen molar-refractivity contribution in [1.82, 2.24) is 9.71 Å². The van der Waals surface area contributed by atoms with Gasteiger partial charge in [-0.05, 0) is 19.2 Å². The van der Waals surface area contributed by atoms with E-state index in [0.29, 0.717) is 11.5 Å². The Labute approximate surface area is 94.3 Å². The third kappa shape index (κ3) is 3.55. The maximum Gasteiger partial charge on any atom is 0.213 e. The Kier molecular flexibility index (Phi) is 3.91. The maximum absolute atomic E-state index is 11.1. The molecule has 8 heteroatoms. The highest BCUT2D eigenvalue weighted by Gasteiger charge is 2.06. The molecule has 1 rings (SSSR count). The summed E-state index contributed by atoms with van der Waals surface area (Å²) < 4.78 is 24.4. The summed E-state index contributed by atoms with van der Waals surface area (Å²) in [7, 11) is -1.83. The van der Waals surface area contributed by atoms with Crippen LogP contribution in [0.1, 0.15) is 0 Å². The van der Waals surface area contributed by atoms with Crippen LogP contribution in [-0.2, 0) is 10.0 Å². The van der Waals surface area contributed by atoms with E-state index in [4.69, 9.17) is 11.5 Å². The standard InChI is InChI=1S/C8H15N5O2S/c1-11-16(14,15)5-4-12-7-3-2-6(9)8(10)13-7/h2-3,11H,4-5,9H2,1H3,(H3,10,12,13). The number of sulfonamides is 1. The van der Waals surface area contributed by atoms with Crippen molar-refractivity contribution in [2.24, 2.45) is 0 Å². The van der Waals surface area contributed by atoms with Gasteiger partial charge in [0.05, 0.1) is 11.4 Å². The van der Waals surface area contributed by atoms with Crippen LogP contribution in [0.3, 0.4) is 0 Å². The van der Waals surface area contributed by atoms with Gasteiger partial charge in [0.25, 0.3) is 0 Å². The van der Waals surface area contributed by atoms with E-state index in [-0.39, 0.29) is 18.1 Å². The van der Waals surface area contributed by atoms with Gasteiger partial charge in [-0.1, -0.05) is 0 Å². The predicted octanol–water partition coefficient (Wildman–Crippen LogP) is -0.793. The highest BCUT2D eigenvalue weighted by molar-refractivity contribution is 7.89. The molecule has 0 aliphatic rings. The molecule has 0 aliphatic carbocycles. The minimum atomic E-state index is -3.20. The van der Waals surface area contributed by atoms with Crippen LogP contribution in [0.25, 0.3) is 0 Å². The molecule has 0 aliphatic heterocycles. The lowest BCUT2D eigenvalue weighted by molar-refractivity contribution is 0.588. The Bertz CT molecular complexity index is 459. The Morgan fingerprint density at radius 3 is 2.62 bits per heavy atom. The molecule has 90 valence electrons. The van der Waals surface area contributed by atoms with E-state index >= 15 is 0 Å². The molecule has 0 radical (unpaired) electrons. The molecular weight excluding hydrogens is 230 g/mol. The van der Waals surface area contributed by atoms with Gasteiger partial charge in [-0.3, -0.25) is 0 Å². The van der Waals surface area contributed by atoms with E-state index in [2.05, 4.69) is 15.0 Å². The Balaban J connectivity index is 2.53. The van der Waals surface area contributed by atoms with Gasteiger partial charge in [0.1, 0.15) is 11.6 Å². The molecule has 1 heterocycles. The van der Waals surface area contributed by atoms with E-state index in [9.17, 15) is 8.42 Å². The van der Waals surface area contributed by atoms with E-state index in [1.165, 1.54) is 7.05 Å². The molecule has 0 atom stereocenters. The van der Waals surface area contributed by atoms with Crippen LogP contribution in [0.4, 0.5) is 17.3 Å². The molecule has 1 aromatic heterocycles. The van der Waals surface area contributed by atoms with Gasteiger partial charge in [0.15, 0.2) is 0 Å². The number of rotatable bonds is 5. The van der Waals surface area contributed by atoms with Gasteiger partial charge in [0.2, 0.25) is 10.0 Å². The minimum Gasteiger partial charge on any atom is -0.396 e. The first kappa shape index (κ1) is 12.5. The number of aromatic nitrogens is 1. The average Bonchev–Trinajstić information content (AvgIpc) is 2.23. The number of nitrogens with two attached hydrogens (primary N) is 2. The van der Waals surface area contributed by atoms with Crippen molar-refractivity contribution in [1.29, 1.82) is 0 Å². The molecular formula is C8H15N5O2S. The third-order valence-corrected chi connectivity index (χ3v) is 3.31.